The first-order valence-corrected chi connectivity index (χ1v) is 6.56. The van der Waals surface area contributed by atoms with Gasteiger partial charge in [0.05, 0.1) is 11.0 Å². The van der Waals surface area contributed by atoms with Crippen molar-refractivity contribution in [2.45, 2.75) is 30.3 Å². The summed E-state index contributed by atoms with van der Waals surface area (Å²) in [7, 11) is 0. The van der Waals surface area contributed by atoms with Gasteiger partial charge in [-0.2, -0.15) is 18.2 Å². The lowest BCUT2D eigenvalue weighted by Crippen LogP contribution is -2.12. The minimum absolute atomic E-state index is 0.121. The molecule has 20 heavy (non-hydrogen) atoms. The van der Waals surface area contributed by atoms with Crippen LogP contribution in [0.4, 0.5) is 13.2 Å². The fourth-order valence-electron chi connectivity index (χ4n) is 2.25. The molecule has 0 spiro atoms. The maximum Gasteiger partial charge on any atom is 0.416 e. The van der Waals surface area contributed by atoms with Crippen LogP contribution in [-0.4, -0.2) is 10.1 Å². The first-order chi connectivity index (χ1) is 9.45. The van der Waals surface area contributed by atoms with Crippen molar-refractivity contribution in [3.63, 3.8) is 0 Å². The van der Waals surface area contributed by atoms with Gasteiger partial charge >= 0.3 is 6.18 Å². The SMILES string of the molecule is FC(F)(F)c1ccc(C2(c3noc(CCl)n3)CC2)cc1. The van der Waals surface area contributed by atoms with E-state index in [1.165, 1.54) is 12.1 Å². The third kappa shape index (κ3) is 2.18. The van der Waals surface area contributed by atoms with Crippen LogP contribution in [0, 0.1) is 0 Å². The summed E-state index contributed by atoms with van der Waals surface area (Å²) in [6.07, 6.45) is -2.74. The summed E-state index contributed by atoms with van der Waals surface area (Å²) in [6.45, 7) is 0. The Labute approximate surface area is 117 Å². The number of nitrogens with zero attached hydrogens (tertiary/aromatic N) is 2. The topological polar surface area (TPSA) is 38.9 Å². The van der Waals surface area contributed by atoms with Gasteiger partial charge in [0, 0.05) is 0 Å². The van der Waals surface area contributed by atoms with Crippen LogP contribution in [0.15, 0.2) is 28.8 Å². The first kappa shape index (κ1) is 13.4. The van der Waals surface area contributed by atoms with Crippen LogP contribution in [0.5, 0.6) is 0 Å². The average molecular weight is 303 g/mol. The second-order valence-corrected chi connectivity index (χ2v) is 5.07. The van der Waals surface area contributed by atoms with Gasteiger partial charge in [-0.3, -0.25) is 0 Å². The fraction of sp³-hybridized carbons (Fsp3) is 0.385. The molecule has 1 aliphatic rings. The second kappa shape index (κ2) is 4.48. The van der Waals surface area contributed by atoms with Gasteiger partial charge in [0.2, 0.25) is 5.89 Å². The number of hydrogen-bond acceptors (Lipinski definition) is 3. The summed E-state index contributed by atoms with van der Waals surface area (Å²) < 4.78 is 42.6. The second-order valence-electron chi connectivity index (χ2n) is 4.80. The Bertz CT molecular complexity index is 617. The van der Waals surface area contributed by atoms with Crippen LogP contribution in [0.25, 0.3) is 0 Å². The molecule has 1 fully saturated rings. The number of rotatable bonds is 3. The normalized spacial score (nSPS) is 17.2. The van der Waals surface area contributed by atoms with Crippen molar-refractivity contribution < 1.29 is 17.7 Å². The quantitative estimate of drug-likeness (QED) is 0.807. The highest BCUT2D eigenvalue weighted by Crippen LogP contribution is 2.52. The Morgan fingerprint density at radius 2 is 1.85 bits per heavy atom. The molecular formula is C13H10ClF3N2O. The largest absolute Gasteiger partial charge is 0.416 e. The van der Waals surface area contributed by atoms with E-state index in [0.717, 1.165) is 30.5 Å². The molecule has 1 aliphatic carbocycles. The van der Waals surface area contributed by atoms with Crippen LogP contribution in [0.2, 0.25) is 0 Å². The molecule has 0 unspecified atom stereocenters. The van der Waals surface area contributed by atoms with Gasteiger partial charge < -0.3 is 4.52 Å². The first-order valence-electron chi connectivity index (χ1n) is 6.02. The summed E-state index contributed by atoms with van der Waals surface area (Å²) in [4.78, 5) is 4.18. The third-order valence-electron chi connectivity index (χ3n) is 3.53. The van der Waals surface area contributed by atoms with Crippen LogP contribution in [-0.2, 0) is 17.5 Å². The smallest absolute Gasteiger partial charge is 0.338 e. The van der Waals surface area contributed by atoms with Crippen molar-refractivity contribution in [2.24, 2.45) is 0 Å². The van der Waals surface area contributed by atoms with Crippen LogP contribution >= 0.6 is 11.6 Å². The summed E-state index contributed by atoms with van der Waals surface area (Å²) >= 11 is 5.61. The van der Waals surface area contributed by atoms with Crippen LogP contribution < -0.4 is 0 Å². The van der Waals surface area contributed by atoms with E-state index in [4.69, 9.17) is 16.1 Å². The fourth-order valence-corrected chi connectivity index (χ4v) is 2.36. The molecule has 0 aliphatic heterocycles. The molecule has 0 saturated heterocycles. The van der Waals surface area contributed by atoms with Crippen LogP contribution in [0.3, 0.4) is 0 Å². The van der Waals surface area contributed by atoms with Crippen molar-refractivity contribution in [1.29, 1.82) is 0 Å². The van der Waals surface area contributed by atoms with Crippen molar-refractivity contribution in [2.75, 3.05) is 0 Å². The maximum absolute atomic E-state index is 12.5. The van der Waals surface area contributed by atoms with E-state index in [0.29, 0.717) is 11.7 Å². The zero-order chi connectivity index (χ0) is 14.4. The van der Waals surface area contributed by atoms with Gasteiger partial charge in [-0.15, -0.1) is 11.6 Å². The van der Waals surface area contributed by atoms with E-state index < -0.39 is 17.2 Å². The molecule has 0 atom stereocenters. The highest BCUT2D eigenvalue weighted by Gasteiger charge is 2.50. The Morgan fingerprint density at radius 3 is 2.30 bits per heavy atom. The van der Waals surface area contributed by atoms with Crippen molar-refractivity contribution >= 4 is 11.6 Å². The monoisotopic (exact) mass is 302 g/mol. The molecule has 0 N–H and O–H groups in total. The zero-order valence-corrected chi connectivity index (χ0v) is 11.0. The van der Waals surface area contributed by atoms with Gasteiger partial charge in [0.1, 0.15) is 5.88 Å². The van der Waals surface area contributed by atoms with E-state index in [9.17, 15) is 13.2 Å². The van der Waals surface area contributed by atoms with Crippen LogP contribution in [0.1, 0.15) is 35.7 Å². The zero-order valence-electron chi connectivity index (χ0n) is 10.2. The molecular weight excluding hydrogens is 293 g/mol. The minimum atomic E-state index is -4.33. The Balaban J connectivity index is 1.92. The lowest BCUT2D eigenvalue weighted by atomic mass is 9.94. The highest BCUT2D eigenvalue weighted by molar-refractivity contribution is 6.16. The van der Waals surface area contributed by atoms with E-state index in [-0.39, 0.29) is 5.88 Å². The van der Waals surface area contributed by atoms with E-state index in [1.54, 1.807) is 0 Å². The van der Waals surface area contributed by atoms with Crippen molar-refractivity contribution in [3.05, 3.63) is 47.1 Å². The van der Waals surface area contributed by atoms with E-state index in [1.807, 2.05) is 0 Å². The molecule has 3 rings (SSSR count). The number of hydrogen-bond donors (Lipinski definition) is 0. The van der Waals surface area contributed by atoms with Crippen molar-refractivity contribution in [1.82, 2.24) is 10.1 Å². The number of aromatic nitrogens is 2. The Hall–Kier alpha value is -1.56. The Morgan fingerprint density at radius 1 is 1.20 bits per heavy atom. The van der Waals surface area contributed by atoms with E-state index >= 15 is 0 Å². The summed E-state index contributed by atoms with van der Waals surface area (Å²) in [5, 5.41) is 3.88. The third-order valence-corrected chi connectivity index (χ3v) is 3.75. The summed E-state index contributed by atoms with van der Waals surface area (Å²) in [5.41, 5.74) is -0.308. The number of benzene rings is 1. The lowest BCUT2D eigenvalue weighted by Gasteiger charge is -2.13. The van der Waals surface area contributed by atoms with Gasteiger partial charge in [0.25, 0.3) is 0 Å². The molecule has 7 heteroatoms. The van der Waals surface area contributed by atoms with Gasteiger partial charge in [-0.1, -0.05) is 17.3 Å². The predicted molar refractivity (Wildman–Crippen MR) is 65.3 cm³/mol. The Kier molecular flexibility index (Phi) is 3.01. The molecule has 0 radical (unpaired) electrons. The maximum atomic E-state index is 12.5. The minimum Gasteiger partial charge on any atom is -0.338 e. The molecule has 3 nitrogen and oxygen atoms in total. The molecule has 1 saturated carbocycles. The van der Waals surface area contributed by atoms with Gasteiger partial charge in [0.15, 0.2) is 5.82 Å². The average Bonchev–Trinajstić information content (AvgIpc) is 3.09. The van der Waals surface area contributed by atoms with Crippen molar-refractivity contribution in [3.8, 4) is 0 Å². The molecule has 1 aromatic carbocycles. The standard InChI is InChI=1S/C13H10ClF3N2O/c14-7-10-18-11(19-20-10)12(5-6-12)8-1-3-9(4-2-8)13(15,16)17/h1-4H,5-7H2. The summed E-state index contributed by atoms with van der Waals surface area (Å²) in [5.74, 6) is 0.934. The van der Waals surface area contributed by atoms with Gasteiger partial charge in [-0.05, 0) is 30.5 Å². The highest BCUT2D eigenvalue weighted by atomic mass is 35.5. The number of alkyl halides is 4. The van der Waals surface area contributed by atoms with Gasteiger partial charge in [-0.25, -0.2) is 0 Å². The molecule has 2 aromatic rings. The summed E-state index contributed by atoms with van der Waals surface area (Å²) in [6, 6.07) is 5.12. The lowest BCUT2D eigenvalue weighted by molar-refractivity contribution is -0.137. The number of halogens is 4. The van der Waals surface area contributed by atoms with E-state index in [2.05, 4.69) is 10.1 Å². The molecule has 1 heterocycles. The molecule has 1 aromatic heterocycles. The molecule has 106 valence electrons. The molecule has 0 bridgehead atoms. The predicted octanol–water partition coefficient (Wildman–Crippen LogP) is 3.91. The molecule has 0 amide bonds.